The van der Waals surface area contributed by atoms with Gasteiger partial charge >= 0.3 is 0 Å². The molecule has 0 saturated carbocycles. The van der Waals surface area contributed by atoms with Crippen molar-refractivity contribution < 1.29 is 8.42 Å². The molecule has 16 heavy (non-hydrogen) atoms. The minimum Gasteiger partial charge on any atom is -0.195 e. The Kier molecular flexibility index (Phi) is 4.49. The zero-order valence-electron chi connectivity index (χ0n) is 9.51. The highest BCUT2D eigenvalue weighted by atomic mass is 79.9. The Morgan fingerprint density at radius 3 is 2.38 bits per heavy atom. The van der Waals surface area contributed by atoms with Gasteiger partial charge in [-0.1, -0.05) is 28.1 Å². The average Bonchev–Trinajstić information content (AvgIpc) is 2.17. The van der Waals surface area contributed by atoms with E-state index in [-0.39, 0.29) is 0 Å². The highest BCUT2D eigenvalue weighted by Crippen LogP contribution is 2.14. The van der Waals surface area contributed by atoms with Crippen molar-refractivity contribution >= 4 is 26.1 Å². The van der Waals surface area contributed by atoms with E-state index in [9.17, 15) is 8.42 Å². The first-order chi connectivity index (χ1) is 7.34. The Bertz CT molecular complexity index is 460. The van der Waals surface area contributed by atoms with Crippen LogP contribution in [0.15, 0.2) is 28.7 Å². The summed E-state index contributed by atoms with van der Waals surface area (Å²) in [7, 11) is 1.27. The highest BCUT2D eigenvalue weighted by Gasteiger charge is 2.20. The second kappa shape index (κ2) is 5.27. The van der Waals surface area contributed by atoms with Crippen molar-refractivity contribution in [2.24, 2.45) is 0 Å². The van der Waals surface area contributed by atoms with Crippen LogP contribution in [0, 0.1) is 0 Å². The van der Waals surface area contributed by atoms with Crippen LogP contribution in [-0.4, -0.2) is 38.2 Å². The lowest BCUT2D eigenvalue weighted by Gasteiger charge is -2.21. The van der Waals surface area contributed by atoms with Crippen LogP contribution in [0.3, 0.4) is 0 Å². The average molecular weight is 307 g/mol. The number of rotatable bonds is 4. The maximum absolute atomic E-state index is 11.8. The first-order valence-corrected chi connectivity index (χ1v) is 6.91. The van der Waals surface area contributed by atoms with Crippen LogP contribution in [0.4, 0.5) is 0 Å². The van der Waals surface area contributed by atoms with Gasteiger partial charge in [-0.3, -0.25) is 0 Å². The monoisotopic (exact) mass is 306 g/mol. The van der Waals surface area contributed by atoms with E-state index in [1.165, 1.54) is 22.7 Å². The van der Waals surface area contributed by atoms with Gasteiger partial charge in [-0.2, -0.15) is 17.0 Å². The van der Waals surface area contributed by atoms with E-state index in [1.54, 1.807) is 7.05 Å². The van der Waals surface area contributed by atoms with Crippen LogP contribution < -0.4 is 0 Å². The normalized spacial score (nSPS) is 12.4. The molecule has 0 N–H and O–H groups in total. The fourth-order valence-corrected chi connectivity index (χ4v) is 2.57. The number of nitrogens with zero attached hydrogens (tertiary/aromatic N) is 2. The number of hydrogen-bond donors (Lipinski definition) is 0. The molecule has 0 amide bonds. The van der Waals surface area contributed by atoms with Gasteiger partial charge in [0, 0.05) is 32.2 Å². The minimum atomic E-state index is -3.34. The van der Waals surface area contributed by atoms with E-state index in [1.807, 2.05) is 24.3 Å². The summed E-state index contributed by atoms with van der Waals surface area (Å²) in [6.07, 6.45) is 0. The standard InChI is InChI=1S/C10H15BrN2O2S/c1-12(2)16(14,15)13(3)8-9-5-4-6-10(11)7-9/h4-7H,8H2,1-3H3. The molecule has 0 heterocycles. The van der Waals surface area contributed by atoms with Crippen molar-refractivity contribution in [3.63, 3.8) is 0 Å². The van der Waals surface area contributed by atoms with Crippen LogP contribution in [-0.2, 0) is 16.8 Å². The van der Waals surface area contributed by atoms with Gasteiger partial charge in [0.15, 0.2) is 0 Å². The summed E-state index contributed by atoms with van der Waals surface area (Å²) >= 11 is 3.35. The van der Waals surface area contributed by atoms with Gasteiger partial charge in [0.05, 0.1) is 0 Å². The topological polar surface area (TPSA) is 40.6 Å². The van der Waals surface area contributed by atoms with Crippen LogP contribution in [0.2, 0.25) is 0 Å². The molecule has 0 spiro atoms. The van der Waals surface area contributed by atoms with Gasteiger partial charge in [-0.05, 0) is 17.7 Å². The second-order valence-electron chi connectivity index (χ2n) is 3.68. The van der Waals surface area contributed by atoms with Crippen molar-refractivity contribution in [2.45, 2.75) is 6.54 Å². The molecule has 0 aliphatic rings. The second-order valence-corrected chi connectivity index (χ2v) is 6.84. The summed E-state index contributed by atoms with van der Waals surface area (Å²) in [5, 5.41) is 0. The van der Waals surface area contributed by atoms with E-state index in [0.717, 1.165) is 10.0 Å². The van der Waals surface area contributed by atoms with Crippen molar-refractivity contribution in [1.82, 2.24) is 8.61 Å². The molecule has 1 rings (SSSR count). The van der Waals surface area contributed by atoms with Crippen molar-refractivity contribution in [3.8, 4) is 0 Å². The number of hydrogen-bond acceptors (Lipinski definition) is 2. The van der Waals surface area contributed by atoms with Gasteiger partial charge < -0.3 is 0 Å². The van der Waals surface area contributed by atoms with E-state index < -0.39 is 10.2 Å². The van der Waals surface area contributed by atoms with Crippen molar-refractivity contribution in [2.75, 3.05) is 21.1 Å². The number of benzene rings is 1. The summed E-state index contributed by atoms with van der Waals surface area (Å²) in [5.41, 5.74) is 0.947. The molecule has 6 heteroatoms. The molecule has 0 saturated heterocycles. The van der Waals surface area contributed by atoms with Gasteiger partial charge in [-0.15, -0.1) is 0 Å². The molecule has 0 aromatic heterocycles. The molecule has 0 bridgehead atoms. The van der Waals surface area contributed by atoms with E-state index in [4.69, 9.17) is 0 Å². The van der Waals surface area contributed by atoms with Crippen LogP contribution in [0.1, 0.15) is 5.56 Å². The summed E-state index contributed by atoms with van der Waals surface area (Å²) in [5.74, 6) is 0. The van der Waals surface area contributed by atoms with Crippen molar-refractivity contribution in [3.05, 3.63) is 34.3 Å². The summed E-state index contributed by atoms with van der Waals surface area (Å²) in [6.45, 7) is 0.361. The van der Waals surface area contributed by atoms with Gasteiger partial charge in [0.2, 0.25) is 0 Å². The smallest absolute Gasteiger partial charge is 0.195 e. The first-order valence-electron chi connectivity index (χ1n) is 4.72. The van der Waals surface area contributed by atoms with E-state index >= 15 is 0 Å². The number of halogens is 1. The molecule has 0 fully saturated rings. The lowest BCUT2D eigenvalue weighted by molar-refractivity contribution is 0.414. The summed E-state index contributed by atoms with van der Waals surface area (Å²) in [4.78, 5) is 0. The molecular weight excluding hydrogens is 292 g/mol. The first kappa shape index (κ1) is 13.6. The maximum atomic E-state index is 11.8. The Hall–Kier alpha value is -0.430. The largest absolute Gasteiger partial charge is 0.281 e. The molecule has 1 aromatic carbocycles. The minimum absolute atomic E-state index is 0.361. The zero-order valence-corrected chi connectivity index (χ0v) is 11.9. The van der Waals surface area contributed by atoms with Crippen LogP contribution in [0.5, 0.6) is 0 Å². The fourth-order valence-electron chi connectivity index (χ4n) is 1.25. The lowest BCUT2D eigenvalue weighted by Crippen LogP contribution is -2.36. The SMILES string of the molecule is CN(C)S(=O)(=O)N(C)Cc1cccc(Br)c1. The van der Waals surface area contributed by atoms with Crippen molar-refractivity contribution in [1.29, 1.82) is 0 Å². The van der Waals surface area contributed by atoms with Crippen LogP contribution >= 0.6 is 15.9 Å². The predicted octanol–water partition coefficient (Wildman–Crippen LogP) is 1.69. The maximum Gasteiger partial charge on any atom is 0.281 e. The third-order valence-electron chi connectivity index (χ3n) is 2.15. The Labute approximate surface area is 105 Å². The molecule has 0 aliphatic carbocycles. The lowest BCUT2D eigenvalue weighted by atomic mass is 10.2. The highest BCUT2D eigenvalue weighted by molar-refractivity contribution is 9.10. The van der Waals surface area contributed by atoms with Gasteiger partial charge in [0.1, 0.15) is 0 Å². The summed E-state index contributed by atoms with van der Waals surface area (Å²) < 4.78 is 27.0. The van der Waals surface area contributed by atoms with E-state index in [0.29, 0.717) is 6.54 Å². The molecule has 0 unspecified atom stereocenters. The zero-order chi connectivity index (χ0) is 12.3. The van der Waals surface area contributed by atoms with E-state index in [2.05, 4.69) is 15.9 Å². The molecular formula is C10H15BrN2O2S. The molecule has 4 nitrogen and oxygen atoms in total. The Morgan fingerprint density at radius 1 is 1.25 bits per heavy atom. The van der Waals surface area contributed by atoms with Gasteiger partial charge in [-0.25, -0.2) is 0 Å². The molecule has 1 aromatic rings. The predicted molar refractivity (Wildman–Crippen MR) is 68.2 cm³/mol. The Balaban J connectivity index is 2.83. The van der Waals surface area contributed by atoms with Gasteiger partial charge in [0.25, 0.3) is 10.2 Å². The molecule has 90 valence electrons. The molecule has 0 atom stereocenters. The molecule has 0 radical (unpaired) electrons. The third-order valence-corrected chi connectivity index (χ3v) is 4.48. The molecule has 0 aliphatic heterocycles. The summed E-state index contributed by atoms with van der Waals surface area (Å²) in [6, 6.07) is 7.59. The quantitative estimate of drug-likeness (QED) is 0.849. The van der Waals surface area contributed by atoms with Crippen LogP contribution in [0.25, 0.3) is 0 Å². The third kappa shape index (κ3) is 3.28. The Morgan fingerprint density at radius 2 is 1.88 bits per heavy atom. The fraction of sp³-hybridized carbons (Fsp3) is 0.400.